The number of primary amides is 1. The van der Waals surface area contributed by atoms with Crippen LogP contribution in [0.2, 0.25) is 0 Å². The Hall–Kier alpha value is -2.38. The normalized spacial score (nSPS) is 16.6. The summed E-state index contributed by atoms with van der Waals surface area (Å²) >= 11 is 0. The third-order valence-corrected chi connectivity index (χ3v) is 4.09. The zero-order chi connectivity index (χ0) is 16.8. The fourth-order valence-electron chi connectivity index (χ4n) is 2.91. The molecule has 23 heavy (non-hydrogen) atoms. The van der Waals surface area contributed by atoms with Gasteiger partial charge in [0.05, 0.1) is 7.11 Å². The molecule has 0 aromatic carbocycles. The van der Waals surface area contributed by atoms with Crippen LogP contribution in [0.4, 0.5) is 0 Å². The van der Waals surface area contributed by atoms with Gasteiger partial charge in [-0.05, 0) is 18.8 Å². The molecule has 1 heterocycles. The highest BCUT2D eigenvalue weighted by molar-refractivity contribution is 5.95. The number of nitrogens with one attached hydrogen (secondary N) is 1. The first kappa shape index (κ1) is 17.0. The van der Waals surface area contributed by atoms with Crippen molar-refractivity contribution in [3.8, 4) is 0 Å². The minimum absolute atomic E-state index is 0.0318. The van der Waals surface area contributed by atoms with Gasteiger partial charge >= 0.3 is 5.97 Å². The first-order chi connectivity index (χ1) is 11.0. The van der Waals surface area contributed by atoms with E-state index in [2.05, 4.69) is 15.2 Å². The van der Waals surface area contributed by atoms with Crippen LogP contribution in [0.5, 0.6) is 0 Å². The molecule has 1 saturated carbocycles. The number of ether oxygens (including phenoxy) is 1. The van der Waals surface area contributed by atoms with Gasteiger partial charge in [-0.3, -0.25) is 9.59 Å². The van der Waals surface area contributed by atoms with Gasteiger partial charge < -0.3 is 20.3 Å². The molecule has 1 aliphatic rings. The lowest BCUT2D eigenvalue weighted by Gasteiger charge is -2.30. The zero-order valence-corrected chi connectivity index (χ0v) is 13.0. The van der Waals surface area contributed by atoms with Gasteiger partial charge in [-0.15, -0.1) is 0 Å². The molecule has 0 saturated heterocycles. The number of hydrogen-bond acceptors (Lipinski definition) is 6. The molecule has 8 nitrogen and oxygen atoms in total. The predicted octanol–water partition coefficient (Wildman–Crippen LogP) is 1.02. The van der Waals surface area contributed by atoms with Gasteiger partial charge in [-0.2, -0.15) is 0 Å². The van der Waals surface area contributed by atoms with Crippen molar-refractivity contribution in [3.05, 3.63) is 17.5 Å². The Kier molecular flexibility index (Phi) is 5.72. The quantitative estimate of drug-likeness (QED) is 0.753. The monoisotopic (exact) mass is 323 g/mol. The number of methoxy groups -OCH3 is 1. The molecule has 8 heteroatoms. The summed E-state index contributed by atoms with van der Waals surface area (Å²) in [6.07, 6.45) is 5.30. The number of amides is 2. The van der Waals surface area contributed by atoms with E-state index in [0.717, 1.165) is 25.7 Å². The highest BCUT2D eigenvalue weighted by Gasteiger charge is 2.28. The number of carbonyl (C=O) groups is 3. The first-order valence-electron chi connectivity index (χ1n) is 7.65. The van der Waals surface area contributed by atoms with Crippen LogP contribution in [0.3, 0.4) is 0 Å². The molecule has 0 radical (unpaired) electrons. The van der Waals surface area contributed by atoms with Gasteiger partial charge in [0.15, 0.2) is 5.69 Å². The highest BCUT2D eigenvalue weighted by Crippen LogP contribution is 2.28. The molecule has 0 spiro atoms. The second kappa shape index (κ2) is 7.75. The van der Waals surface area contributed by atoms with Crippen LogP contribution < -0.4 is 11.1 Å². The van der Waals surface area contributed by atoms with E-state index in [1.54, 1.807) is 0 Å². The van der Waals surface area contributed by atoms with Gasteiger partial charge in [-0.25, -0.2) is 4.79 Å². The van der Waals surface area contributed by atoms with E-state index >= 15 is 0 Å². The van der Waals surface area contributed by atoms with Gasteiger partial charge in [-0.1, -0.05) is 24.4 Å². The van der Waals surface area contributed by atoms with Gasteiger partial charge in [0.1, 0.15) is 0 Å². The molecule has 2 rings (SSSR count). The van der Waals surface area contributed by atoms with Crippen LogP contribution in [0.1, 0.15) is 59.6 Å². The number of nitrogens with zero attached hydrogens (tertiary/aromatic N) is 1. The molecule has 0 aliphatic heterocycles. The first-order valence-corrected chi connectivity index (χ1v) is 7.65. The fourth-order valence-corrected chi connectivity index (χ4v) is 2.91. The smallest absolute Gasteiger partial charge is 0.376 e. The van der Waals surface area contributed by atoms with Crippen LogP contribution in [0, 0.1) is 5.92 Å². The molecular formula is C15H21N3O5. The Morgan fingerprint density at radius 3 is 2.70 bits per heavy atom. The van der Waals surface area contributed by atoms with Gasteiger partial charge in [0, 0.05) is 18.5 Å². The fraction of sp³-hybridized carbons (Fsp3) is 0.600. The summed E-state index contributed by atoms with van der Waals surface area (Å²) in [6, 6.07) is 0.877. The number of hydrogen-bond donors (Lipinski definition) is 2. The van der Waals surface area contributed by atoms with Crippen LogP contribution in [0.15, 0.2) is 10.6 Å². The van der Waals surface area contributed by atoms with E-state index in [-0.39, 0.29) is 29.8 Å². The SMILES string of the molecule is COC(=O)c1cc(C(=O)NC(CC(N)=O)C2CCCCC2)no1. The summed E-state index contributed by atoms with van der Waals surface area (Å²) in [7, 11) is 1.20. The van der Waals surface area contributed by atoms with Crippen LogP contribution >= 0.6 is 0 Å². The van der Waals surface area contributed by atoms with E-state index in [0.29, 0.717) is 0 Å². The van der Waals surface area contributed by atoms with Crippen molar-refractivity contribution in [2.75, 3.05) is 7.11 Å². The lowest BCUT2D eigenvalue weighted by molar-refractivity contribution is -0.118. The summed E-state index contributed by atoms with van der Waals surface area (Å²) in [5.41, 5.74) is 5.26. The minimum Gasteiger partial charge on any atom is -0.463 e. The summed E-state index contributed by atoms with van der Waals surface area (Å²) in [5.74, 6) is -1.61. The average Bonchev–Trinajstić information content (AvgIpc) is 3.04. The van der Waals surface area contributed by atoms with Crippen LogP contribution in [-0.2, 0) is 9.53 Å². The Morgan fingerprint density at radius 2 is 2.09 bits per heavy atom. The summed E-state index contributed by atoms with van der Waals surface area (Å²) in [4.78, 5) is 34.9. The van der Waals surface area contributed by atoms with Crippen molar-refractivity contribution < 1.29 is 23.6 Å². The van der Waals surface area contributed by atoms with Crippen molar-refractivity contribution in [1.82, 2.24) is 10.5 Å². The molecule has 126 valence electrons. The largest absolute Gasteiger partial charge is 0.463 e. The molecule has 3 N–H and O–H groups in total. The lowest BCUT2D eigenvalue weighted by atomic mass is 9.82. The molecule has 1 aromatic rings. The Morgan fingerprint density at radius 1 is 1.39 bits per heavy atom. The maximum absolute atomic E-state index is 12.3. The molecule has 2 amide bonds. The molecule has 1 aromatic heterocycles. The Bertz CT molecular complexity index is 577. The zero-order valence-electron chi connectivity index (χ0n) is 13.0. The van der Waals surface area contributed by atoms with Crippen molar-refractivity contribution in [1.29, 1.82) is 0 Å². The lowest BCUT2D eigenvalue weighted by Crippen LogP contribution is -2.43. The number of rotatable bonds is 6. The van der Waals surface area contributed by atoms with Crippen molar-refractivity contribution in [2.24, 2.45) is 11.7 Å². The average molecular weight is 323 g/mol. The van der Waals surface area contributed by atoms with Crippen molar-refractivity contribution >= 4 is 17.8 Å². The van der Waals surface area contributed by atoms with Crippen LogP contribution in [0.25, 0.3) is 0 Å². The second-order valence-corrected chi connectivity index (χ2v) is 5.72. The van der Waals surface area contributed by atoms with E-state index in [9.17, 15) is 14.4 Å². The van der Waals surface area contributed by atoms with Gasteiger partial charge in [0.25, 0.3) is 5.91 Å². The Labute approximate surface area is 133 Å². The van der Waals surface area contributed by atoms with E-state index in [1.165, 1.54) is 19.6 Å². The van der Waals surface area contributed by atoms with Crippen molar-refractivity contribution in [2.45, 2.75) is 44.6 Å². The minimum atomic E-state index is -0.711. The van der Waals surface area contributed by atoms with Crippen LogP contribution in [-0.4, -0.2) is 36.1 Å². The van der Waals surface area contributed by atoms with Gasteiger partial charge in [0.2, 0.25) is 11.7 Å². The maximum atomic E-state index is 12.3. The van der Waals surface area contributed by atoms with E-state index in [4.69, 9.17) is 10.3 Å². The number of esters is 1. The summed E-state index contributed by atoms with van der Waals surface area (Å²) in [5, 5.41) is 6.35. The van der Waals surface area contributed by atoms with E-state index in [1.807, 2.05) is 0 Å². The maximum Gasteiger partial charge on any atom is 0.376 e. The van der Waals surface area contributed by atoms with E-state index < -0.39 is 17.8 Å². The Balaban J connectivity index is 2.05. The molecule has 1 atom stereocenters. The topological polar surface area (TPSA) is 125 Å². The summed E-state index contributed by atoms with van der Waals surface area (Å²) < 4.78 is 9.26. The standard InChI is InChI=1S/C15H21N3O5/c1-22-15(21)12-7-11(18-23-12)14(20)17-10(8-13(16)19)9-5-3-2-4-6-9/h7,9-10H,2-6,8H2,1H3,(H2,16,19)(H,17,20). The highest BCUT2D eigenvalue weighted by atomic mass is 16.5. The molecule has 1 fully saturated rings. The molecular weight excluding hydrogens is 302 g/mol. The molecule has 1 unspecified atom stereocenters. The molecule has 0 bridgehead atoms. The number of nitrogens with two attached hydrogens (primary N) is 1. The third-order valence-electron chi connectivity index (χ3n) is 4.09. The van der Waals surface area contributed by atoms with Crippen molar-refractivity contribution in [3.63, 3.8) is 0 Å². The predicted molar refractivity (Wildman–Crippen MR) is 79.5 cm³/mol. The number of carbonyl (C=O) groups excluding carboxylic acids is 3. The molecule has 1 aliphatic carbocycles. The third kappa shape index (κ3) is 4.54. The number of aromatic nitrogens is 1. The second-order valence-electron chi connectivity index (χ2n) is 5.72. The summed E-state index contributed by atoms with van der Waals surface area (Å²) in [6.45, 7) is 0.